The topological polar surface area (TPSA) is 144 Å². The zero-order valence-electron chi connectivity index (χ0n) is 31.1. The second-order valence-electron chi connectivity index (χ2n) is 15.7. The summed E-state index contributed by atoms with van der Waals surface area (Å²) in [5.41, 5.74) is 0.791. The van der Waals surface area contributed by atoms with Crippen LogP contribution in [0.2, 0.25) is 0 Å². The van der Waals surface area contributed by atoms with Gasteiger partial charge in [0.05, 0.1) is 45.7 Å². The van der Waals surface area contributed by atoms with Crippen molar-refractivity contribution in [3.8, 4) is 17.3 Å². The molecular weight excluding hydrogens is 769 g/mol. The number of alkyl halides is 4. The summed E-state index contributed by atoms with van der Waals surface area (Å²) in [5, 5.41) is 0.166. The van der Waals surface area contributed by atoms with E-state index >= 15 is 4.39 Å². The van der Waals surface area contributed by atoms with E-state index in [0.717, 1.165) is 19.4 Å². The predicted molar refractivity (Wildman–Crippen MR) is 193 cm³/mol. The van der Waals surface area contributed by atoms with E-state index in [0.29, 0.717) is 38.6 Å². The van der Waals surface area contributed by atoms with E-state index in [1.165, 1.54) is 13.8 Å². The molecule has 4 fully saturated rings. The summed E-state index contributed by atoms with van der Waals surface area (Å²) in [6.07, 6.45) is -3.46. The Hall–Kier alpha value is -3.97. The minimum absolute atomic E-state index is 0.00773. The average Bonchev–Trinajstić information content (AvgIpc) is 3.77. The summed E-state index contributed by atoms with van der Waals surface area (Å²) in [6.45, 7) is 4.89. The van der Waals surface area contributed by atoms with Crippen LogP contribution >= 0.6 is 0 Å². The second-order valence-corrected chi connectivity index (χ2v) is 17.6. The molecule has 4 saturated heterocycles. The second kappa shape index (κ2) is 13.9. The van der Waals surface area contributed by atoms with Crippen molar-refractivity contribution in [2.75, 3.05) is 42.6 Å². The van der Waals surface area contributed by atoms with Gasteiger partial charge in [-0.2, -0.15) is 31.6 Å². The van der Waals surface area contributed by atoms with Crippen LogP contribution in [0.1, 0.15) is 75.6 Å². The number of hydrogen-bond donors (Lipinski definition) is 1. The van der Waals surface area contributed by atoms with Gasteiger partial charge >= 0.3 is 12.2 Å². The number of carbonyl (C=O) groups is 1. The van der Waals surface area contributed by atoms with Gasteiger partial charge in [-0.3, -0.25) is 13.9 Å². The van der Waals surface area contributed by atoms with Crippen molar-refractivity contribution >= 4 is 38.4 Å². The fraction of sp³-hybridized carbons (Fsp3) is 0.622. The Balaban J connectivity index is 1.27. The summed E-state index contributed by atoms with van der Waals surface area (Å²) in [7, 11) is -3.93. The number of hydrogen-bond acceptors (Lipinski definition) is 11. The first-order chi connectivity index (χ1) is 26.4. The van der Waals surface area contributed by atoms with E-state index in [2.05, 4.69) is 9.97 Å². The largest absolute Gasteiger partial charge is 0.461 e. The van der Waals surface area contributed by atoms with Gasteiger partial charge in [0.15, 0.2) is 11.9 Å². The molecule has 1 aromatic carbocycles. The minimum atomic E-state index is -5.09. The number of aryl methyl sites for hydroxylation is 1. The molecular formula is C37H43F6N7O5S. The number of benzene rings is 1. The van der Waals surface area contributed by atoms with Crippen LogP contribution in [-0.4, -0.2) is 107 Å². The van der Waals surface area contributed by atoms with Gasteiger partial charge in [0.1, 0.15) is 35.6 Å². The molecule has 3 aromatic rings. The molecule has 8 rings (SSSR count). The number of ether oxygens (including phenoxy) is 1. The van der Waals surface area contributed by atoms with Gasteiger partial charge in [-0.05, 0) is 83.9 Å². The van der Waals surface area contributed by atoms with Gasteiger partial charge < -0.3 is 20.3 Å². The number of rotatable bonds is 8. The number of anilines is 2. The van der Waals surface area contributed by atoms with Crippen LogP contribution in [0.15, 0.2) is 6.07 Å². The summed E-state index contributed by atoms with van der Waals surface area (Å²) in [5.74, 6) is -3.02. The third kappa shape index (κ3) is 6.41. The summed E-state index contributed by atoms with van der Waals surface area (Å²) in [4.78, 5) is 33.3. The van der Waals surface area contributed by atoms with Gasteiger partial charge in [0, 0.05) is 31.1 Å². The van der Waals surface area contributed by atoms with E-state index in [4.69, 9.17) is 19.6 Å². The van der Waals surface area contributed by atoms with Crippen LogP contribution < -0.4 is 15.4 Å². The molecule has 2 aromatic heterocycles. The Bertz CT molecular complexity index is 2210. The van der Waals surface area contributed by atoms with Crippen molar-refractivity contribution < 1.29 is 48.5 Å². The van der Waals surface area contributed by atoms with Crippen molar-refractivity contribution in [2.45, 2.75) is 114 Å². The molecule has 0 aliphatic carbocycles. The van der Waals surface area contributed by atoms with Crippen molar-refractivity contribution in [1.29, 1.82) is 0 Å². The molecule has 56 heavy (non-hydrogen) atoms. The molecule has 19 heteroatoms. The minimum Gasteiger partial charge on any atom is -0.461 e. The molecule has 5 aliphatic heterocycles. The third-order valence-electron chi connectivity index (χ3n) is 12.3. The molecule has 2 bridgehead atoms. The highest BCUT2D eigenvalue weighted by Crippen LogP contribution is 2.47. The Morgan fingerprint density at radius 3 is 2.59 bits per heavy atom. The van der Waals surface area contributed by atoms with Crippen LogP contribution in [0.3, 0.4) is 0 Å². The fourth-order valence-corrected chi connectivity index (χ4v) is 10.5. The van der Waals surface area contributed by atoms with Crippen LogP contribution in [-0.2, 0) is 31.7 Å². The van der Waals surface area contributed by atoms with E-state index < -0.39 is 91.8 Å². The lowest BCUT2D eigenvalue weighted by Crippen LogP contribution is -2.63. The van der Waals surface area contributed by atoms with Crippen molar-refractivity contribution in [3.05, 3.63) is 34.5 Å². The van der Waals surface area contributed by atoms with Crippen LogP contribution in [0.25, 0.3) is 22.2 Å². The van der Waals surface area contributed by atoms with E-state index in [1.807, 2.05) is 9.80 Å². The van der Waals surface area contributed by atoms with Gasteiger partial charge in [0.25, 0.3) is 16.0 Å². The molecule has 6 atom stereocenters. The molecule has 1 amide bonds. The van der Waals surface area contributed by atoms with Crippen molar-refractivity contribution in [1.82, 2.24) is 24.8 Å². The number of nitrogen functional groups attached to an aromatic ring is 1. The van der Waals surface area contributed by atoms with Gasteiger partial charge in [0.2, 0.25) is 0 Å². The summed E-state index contributed by atoms with van der Waals surface area (Å²) >= 11 is 0. The standard InChI is InChI=1S/C37H43F6N7O5S/c1-4-56(52,53)55-19(3)34(51)50-21-9-10-26(50)25-8-5-7-24-27-32(30(40)31(45-24)22-13-23(44)29(39)18(2)28(22)37(41,42)43)46-35(47-33(27)49(25)16-21)54-17-36-11-6-12-48(36)15-20(38)14-36/h13,19-21,25-26H,4-12,14-17,44H2,1-3H3/t19-,20-,21-,25-,26+,36+/m1/s1. The molecule has 0 unspecified atom stereocenters. The van der Waals surface area contributed by atoms with Crippen LogP contribution in [0.5, 0.6) is 6.01 Å². The quantitative estimate of drug-likeness (QED) is 0.176. The van der Waals surface area contributed by atoms with Crippen LogP contribution in [0.4, 0.5) is 37.8 Å². The first-order valence-electron chi connectivity index (χ1n) is 19.0. The number of amides is 1. The number of aromatic nitrogens is 3. The Kier molecular flexibility index (Phi) is 9.62. The maximum atomic E-state index is 17.1. The average molecular weight is 812 g/mol. The molecule has 5 aliphatic rings. The molecule has 0 saturated carbocycles. The summed E-state index contributed by atoms with van der Waals surface area (Å²) in [6, 6.07) is -0.703. The Labute approximate surface area is 319 Å². The van der Waals surface area contributed by atoms with E-state index in [-0.39, 0.29) is 72.8 Å². The monoisotopic (exact) mass is 811 g/mol. The highest BCUT2D eigenvalue weighted by molar-refractivity contribution is 7.86. The van der Waals surface area contributed by atoms with E-state index in [9.17, 15) is 35.2 Å². The molecule has 0 spiro atoms. The zero-order chi connectivity index (χ0) is 40.1. The Morgan fingerprint density at radius 2 is 1.86 bits per heavy atom. The van der Waals surface area contributed by atoms with Crippen molar-refractivity contribution in [3.63, 3.8) is 0 Å². The molecule has 7 heterocycles. The molecule has 304 valence electrons. The maximum Gasteiger partial charge on any atom is 0.417 e. The SMILES string of the molecule is CCS(=O)(=O)O[C@H](C)C(=O)N1[C@@H]2CC[C@H]1[C@H]1CCCc3nc(-c4cc(N)c(F)c(C)c4C(F)(F)F)c(F)c4nc(OC[C@@]56CCCN5C[C@H](F)C6)nc(c34)N1C2. The van der Waals surface area contributed by atoms with Gasteiger partial charge in [-0.15, -0.1) is 0 Å². The molecule has 12 nitrogen and oxygen atoms in total. The lowest BCUT2D eigenvalue weighted by atomic mass is 9.92. The van der Waals surface area contributed by atoms with Crippen molar-refractivity contribution in [2.24, 2.45) is 0 Å². The van der Waals surface area contributed by atoms with Gasteiger partial charge in [-0.25, -0.2) is 18.2 Å². The van der Waals surface area contributed by atoms with Crippen LogP contribution in [0, 0.1) is 18.6 Å². The first kappa shape index (κ1) is 38.9. The predicted octanol–water partition coefficient (Wildman–Crippen LogP) is 5.47. The fourth-order valence-electron chi connectivity index (χ4n) is 9.85. The number of fused-ring (bicyclic) bond motifs is 6. The molecule has 2 N–H and O–H groups in total. The molecule has 0 radical (unpaired) electrons. The lowest BCUT2D eigenvalue weighted by Gasteiger charge is -2.49. The zero-order valence-corrected chi connectivity index (χ0v) is 32.0. The lowest BCUT2D eigenvalue weighted by molar-refractivity contribution is -0.142. The smallest absolute Gasteiger partial charge is 0.417 e. The highest BCUT2D eigenvalue weighted by atomic mass is 32.2. The highest BCUT2D eigenvalue weighted by Gasteiger charge is 2.52. The Morgan fingerprint density at radius 1 is 1.09 bits per heavy atom. The summed E-state index contributed by atoms with van der Waals surface area (Å²) < 4.78 is 126. The maximum absolute atomic E-state index is 17.1. The van der Waals surface area contributed by atoms with E-state index in [1.54, 1.807) is 4.90 Å². The normalized spacial score (nSPS) is 26.9. The third-order valence-corrected chi connectivity index (χ3v) is 13.6. The number of pyridine rings is 1. The number of halogens is 6. The number of nitrogens with two attached hydrogens (primary N) is 1. The number of piperazine rings is 1. The first-order valence-corrected chi connectivity index (χ1v) is 20.6. The number of carbonyl (C=O) groups excluding carboxylic acids is 1. The number of nitrogens with zero attached hydrogens (tertiary/aromatic N) is 6. The van der Waals surface area contributed by atoms with Gasteiger partial charge in [-0.1, -0.05) is 0 Å².